The first-order valence-electron chi connectivity index (χ1n) is 5.65. The molecule has 1 heterocycles. The van der Waals surface area contributed by atoms with E-state index in [-0.39, 0.29) is 18.2 Å². The van der Waals surface area contributed by atoms with Crippen molar-refractivity contribution in [2.45, 2.75) is 13.3 Å². The van der Waals surface area contributed by atoms with Gasteiger partial charge in [-0.05, 0) is 25.1 Å². The molecule has 0 radical (unpaired) electrons. The number of esters is 1. The highest BCUT2D eigenvalue weighted by molar-refractivity contribution is 7.13. The molecule has 0 unspecified atom stereocenters. The minimum Gasteiger partial charge on any atom is -0.466 e. The van der Waals surface area contributed by atoms with E-state index in [1.54, 1.807) is 12.3 Å². The van der Waals surface area contributed by atoms with Crippen LogP contribution >= 0.6 is 22.9 Å². The average molecular weight is 300 g/mol. The Morgan fingerprint density at radius 3 is 3.05 bits per heavy atom. The molecule has 1 aromatic heterocycles. The van der Waals surface area contributed by atoms with Crippen molar-refractivity contribution in [3.63, 3.8) is 0 Å². The Morgan fingerprint density at radius 1 is 1.53 bits per heavy atom. The van der Waals surface area contributed by atoms with Gasteiger partial charge >= 0.3 is 5.97 Å². The molecular weight excluding hydrogens is 289 g/mol. The van der Waals surface area contributed by atoms with Crippen LogP contribution < -0.4 is 0 Å². The number of hydrogen-bond donors (Lipinski definition) is 0. The molecule has 1 aromatic carbocycles. The van der Waals surface area contributed by atoms with Gasteiger partial charge in [0, 0.05) is 16.0 Å². The van der Waals surface area contributed by atoms with Crippen LogP contribution in [0.4, 0.5) is 4.39 Å². The van der Waals surface area contributed by atoms with E-state index in [4.69, 9.17) is 16.3 Å². The van der Waals surface area contributed by atoms with E-state index in [0.717, 1.165) is 0 Å². The molecule has 0 bridgehead atoms. The van der Waals surface area contributed by atoms with Gasteiger partial charge in [0.25, 0.3) is 0 Å². The summed E-state index contributed by atoms with van der Waals surface area (Å²) in [6.07, 6.45) is 0.0898. The van der Waals surface area contributed by atoms with Gasteiger partial charge in [-0.3, -0.25) is 4.79 Å². The molecule has 0 amide bonds. The first kappa shape index (κ1) is 14.0. The fourth-order valence-electron chi connectivity index (χ4n) is 1.53. The standard InChI is InChI=1S/C13H11ClFNO2S/c1-2-18-12(17)6-9-7-19-13(16-9)10-5-8(14)3-4-11(10)15/h3-5,7H,2,6H2,1H3. The predicted molar refractivity (Wildman–Crippen MR) is 72.9 cm³/mol. The van der Waals surface area contributed by atoms with Crippen molar-refractivity contribution < 1.29 is 13.9 Å². The SMILES string of the molecule is CCOC(=O)Cc1csc(-c2cc(Cl)ccc2F)n1. The monoisotopic (exact) mass is 299 g/mol. The average Bonchev–Trinajstić information content (AvgIpc) is 2.81. The topological polar surface area (TPSA) is 39.2 Å². The van der Waals surface area contributed by atoms with Crippen molar-refractivity contribution >= 4 is 28.9 Å². The van der Waals surface area contributed by atoms with E-state index in [0.29, 0.717) is 27.9 Å². The third-order valence-electron chi connectivity index (χ3n) is 2.34. The van der Waals surface area contributed by atoms with E-state index >= 15 is 0 Å². The molecule has 0 fully saturated rings. The van der Waals surface area contributed by atoms with Crippen LogP contribution in [0.15, 0.2) is 23.6 Å². The number of ether oxygens (including phenoxy) is 1. The van der Waals surface area contributed by atoms with E-state index in [2.05, 4.69) is 4.98 Å². The van der Waals surface area contributed by atoms with Crippen LogP contribution in [0.1, 0.15) is 12.6 Å². The summed E-state index contributed by atoms with van der Waals surface area (Å²) in [6.45, 7) is 2.07. The van der Waals surface area contributed by atoms with Crippen molar-refractivity contribution in [3.05, 3.63) is 40.1 Å². The van der Waals surface area contributed by atoms with Crippen LogP contribution in [-0.4, -0.2) is 17.6 Å². The smallest absolute Gasteiger partial charge is 0.311 e. The molecule has 0 saturated heterocycles. The Balaban J connectivity index is 2.21. The van der Waals surface area contributed by atoms with Gasteiger partial charge in [0.15, 0.2) is 0 Å². The lowest BCUT2D eigenvalue weighted by Gasteiger charge is -2.00. The number of carbonyl (C=O) groups is 1. The molecule has 0 atom stereocenters. The van der Waals surface area contributed by atoms with Crippen LogP contribution in [0, 0.1) is 5.82 Å². The zero-order chi connectivity index (χ0) is 13.8. The Morgan fingerprint density at radius 2 is 2.32 bits per heavy atom. The lowest BCUT2D eigenvalue weighted by molar-refractivity contribution is -0.142. The van der Waals surface area contributed by atoms with Crippen molar-refractivity contribution in [3.8, 4) is 10.6 Å². The van der Waals surface area contributed by atoms with Crippen molar-refractivity contribution in [1.29, 1.82) is 0 Å². The van der Waals surface area contributed by atoms with Gasteiger partial charge in [-0.25, -0.2) is 9.37 Å². The summed E-state index contributed by atoms with van der Waals surface area (Å²) in [5.41, 5.74) is 0.908. The van der Waals surface area contributed by atoms with E-state index < -0.39 is 0 Å². The van der Waals surface area contributed by atoms with Crippen molar-refractivity contribution in [1.82, 2.24) is 4.98 Å². The Labute approximate surface area is 119 Å². The quantitative estimate of drug-likeness (QED) is 0.808. The molecule has 3 nitrogen and oxygen atoms in total. The number of halogens is 2. The van der Waals surface area contributed by atoms with E-state index in [1.165, 1.54) is 29.5 Å². The molecule has 0 aliphatic carbocycles. The summed E-state index contributed by atoms with van der Waals surface area (Å²) in [5, 5.41) is 2.66. The van der Waals surface area contributed by atoms with Crippen LogP contribution in [0.2, 0.25) is 5.02 Å². The zero-order valence-electron chi connectivity index (χ0n) is 10.2. The number of thiazole rings is 1. The predicted octanol–water partition coefficient (Wildman–Crippen LogP) is 3.71. The molecule has 2 aromatic rings. The number of benzene rings is 1. The number of nitrogens with zero attached hydrogens (tertiary/aromatic N) is 1. The van der Waals surface area contributed by atoms with Crippen molar-refractivity contribution in [2.75, 3.05) is 6.61 Å². The highest BCUT2D eigenvalue weighted by atomic mass is 35.5. The first-order valence-corrected chi connectivity index (χ1v) is 6.91. The lowest BCUT2D eigenvalue weighted by atomic mass is 10.2. The first-order chi connectivity index (χ1) is 9.10. The summed E-state index contributed by atoms with van der Waals surface area (Å²) in [7, 11) is 0. The number of hydrogen-bond acceptors (Lipinski definition) is 4. The molecule has 2 rings (SSSR count). The summed E-state index contributed by atoms with van der Waals surface area (Å²) in [4.78, 5) is 15.6. The molecule has 0 aliphatic rings. The van der Waals surface area contributed by atoms with Gasteiger partial charge in [0.1, 0.15) is 10.8 Å². The Bertz CT molecular complexity index is 600. The molecule has 19 heavy (non-hydrogen) atoms. The second-order valence-electron chi connectivity index (χ2n) is 3.75. The number of carbonyl (C=O) groups excluding carboxylic acids is 1. The number of aromatic nitrogens is 1. The van der Waals surface area contributed by atoms with Crippen LogP contribution in [0.3, 0.4) is 0 Å². The third-order valence-corrected chi connectivity index (χ3v) is 3.50. The van der Waals surface area contributed by atoms with Gasteiger partial charge in [-0.2, -0.15) is 0 Å². The second-order valence-corrected chi connectivity index (χ2v) is 5.04. The molecule has 0 aliphatic heterocycles. The maximum Gasteiger partial charge on any atom is 0.311 e. The summed E-state index contributed by atoms with van der Waals surface area (Å²) in [5.74, 6) is -0.729. The molecular formula is C13H11ClFNO2S. The van der Waals surface area contributed by atoms with E-state index in [9.17, 15) is 9.18 Å². The summed E-state index contributed by atoms with van der Waals surface area (Å²) in [6, 6.07) is 4.29. The fraction of sp³-hybridized carbons (Fsp3) is 0.231. The number of rotatable bonds is 4. The normalized spacial score (nSPS) is 10.5. The minimum absolute atomic E-state index is 0.0898. The van der Waals surface area contributed by atoms with Gasteiger partial charge in [-0.1, -0.05) is 11.6 Å². The van der Waals surface area contributed by atoms with Gasteiger partial charge in [0.05, 0.1) is 18.7 Å². The maximum atomic E-state index is 13.7. The fourth-order valence-corrected chi connectivity index (χ4v) is 2.54. The highest BCUT2D eigenvalue weighted by Gasteiger charge is 2.12. The Kier molecular flexibility index (Phi) is 4.50. The largest absolute Gasteiger partial charge is 0.466 e. The molecule has 100 valence electrons. The maximum absolute atomic E-state index is 13.7. The summed E-state index contributed by atoms with van der Waals surface area (Å²) < 4.78 is 18.5. The van der Waals surface area contributed by atoms with Crippen LogP contribution in [-0.2, 0) is 16.0 Å². The second kappa shape index (κ2) is 6.12. The molecule has 0 spiro atoms. The van der Waals surface area contributed by atoms with Gasteiger partial charge in [0.2, 0.25) is 0 Å². The Hall–Kier alpha value is -1.46. The molecule has 6 heteroatoms. The van der Waals surface area contributed by atoms with E-state index in [1.807, 2.05) is 0 Å². The van der Waals surface area contributed by atoms with Crippen LogP contribution in [0.5, 0.6) is 0 Å². The zero-order valence-corrected chi connectivity index (χ0v) is 11.7. The van der Waals surface area contributed by atoms with Gasteiger partial charge in [-0.15, -0.1) is 11.3 Å². The summed E-state index contributed by atoms with van der Waals surface area (Å²) >= 11 is 7.10. The third kappa shape index (κ3) is 3.52. The highest BCUT2D eigenvalue weighted by Crippen LogP contribution is 2.28. The van der Waals surface area contributed by atoms with Crippen molar-refractivity contribution in [2.24, 2.45) is 0 Å². The molecule has 0 N–H and O–H groups in total. The lowest BCUT2D eigenvalue weighted by Crippen LogP contribution is -2.07. The van der Waals surface area contributed by atoms with Crippen LogP contribution in [0.25, 0.3) is 10.6 Å². The minimum atomic E-state index is -0.388. The van der Waals surface area contributed by atoms with Gasteiger partial charge < -0.3 is 4.74 Å². The molecule has 0 saturated carbocycles.